The quantitative estimate of drug-likeness (QED) is 0.378. The molecule has 0 fully saturated rings. The van der Waals surface area contributed by atoms with Gasteiger partial charge in [-0.3, -0.25) is 0 Å². The molecule has 0 saturated carbocycles. The number of nitrogens with zero attached hydrogens (tertiary/aromatic N) is 2. The molecule has 0 saturated heterocycles. The van der Waals surface area contributed by atoms with E-state index in [1.54, 1.807) is 0 Å². The van der Waals surface area contributed by atoms with E-state index in [-0.39, 0.29) is 0 Å². The van der Waals surface area contributed by atoms with Gasteiger partial charge in [-0.05, 0) is 14.1 Å². The fourth-order valence-corrected chi connectivity index (χ4v) is 0.674. The van der Waals surface area contributed by atoms with Gasteiger partial charge in [-0.1, -0.05) is 0 Å². The Hall–Kier alpha value is -0.595. The maximum Gasteiger partial charge on any atom is 0.355 e. The van der Waals surface area contributed by atoms with Gasteiger partial charge in [0.2, 0.25) is 0 Å². The van der Waals surface area contributed by atoms with Crippen LogP contribution in [0.25, 0.3) is 0 Å². The summed E-state index contributed by atoms with van der Waals surface area (Å²) in [5, 5.41) is 0. The zero-order chi connectivity index (χ0) is 5.28. The highest BCUT2D eigenvalue weighted by Gasteiger charge is 2.04. The van der Waals surface area contributed by atoms with Crippen LogP contribution in [0.1, 0.15) is 0 Å². The van der Waals surface area contributed by atoms with Gasteiger partial charge in [-0.2, -0.15) is 0 Å². The maximum absolute atomic E-state index is 2.12. The van der Waals surface area contributed by atoms with E-state index in [1.807, 2.05) is 0 Å². The van der Waals surface area contributed by atoms with Crippen LogP contribution in [0.15, 0.2) is 12.4 Å². The molecule has 0 atom stereocenters. The topological polar surface area (TPSA) is 6.48 Å². The van der Waals surface area contributed by atoms with Crippen LogP contribution in [-0.4, -0.2) is 31.3 Å². The first-order valence-electron chi connectivity index (χ1n) is 2.38. The summed E-state index contributed by atoms with van der Waals surface area (Å²) in [6.07, 6.45) is 4.11. The first-order chi connectivity index (χ1) is 3.29. The highest BCUT2D eigenvalue weighted by atomic mass is 15.2. The average molecular weight is 95.9 g/mol. The first kappa shape index (κ1) is 4.56. The third-order valence-corrected chi connectivity index (χ3v) is 1.02. The van der Waals surface area contributed by atoms with Gasteiger partial charge in [0.1, 0.15) is 0 Å². The summed E-state index contributed by atoms with van der Waals surface area (Å²) < 4.78 is 0. The average Bonchev–Trinajstić information content (AvgIpc) is 1.87. The molecule has 1 aliphatic rings. The zero-order valence-electron chi connectivity index (χ0n) is 4.76. The number of hydrogen-bond acceptors (Lipinski definition) is 2. The second-order valence-corrected chi connectivity index (χ2v) is 1.95. The van der Waals surface area contributed by atoms with Crippen LogP contribution >= 0.6 is 0 Å². The van der Waals surface area contributed by atoms with E-state index >= 15 is 0 Å². The molecule has 0 radical (unpaired) electrons. The SMILES string of the molecule is CN1BN(C)C=C1. The summed E-state index contributed by atoms with van der Waals surface area (Å²) in [7, 11) is 5.14. The van der Waals surface area contributed by atoms with Crippen molar-refractivity contribution in [2.24, 2.45) is 0 Å². The third-order valence-electron chi connectivity index (χ3n) is 1.02. The minimum atomic E-state index is 1.03. The summed E-state index contributed by atoms with van der Waals surface area (Å²) in [5.41, 5.74) is 0. The standard InChI is InChI=1S/C4H9BN2/c1-6-3-4-7(2)5-6/h3-5H,1-2H3. The third kappa shape index (κ3) is 0.887. The summed E-state index contributed by atoms with van der Waals surface area (Å²) in [5.74, 6) is 0. The molecule has 2 nitrogen and oxygen atoms in total. The lowest BCUT2D eigenvalue weighted by Crippen LogP contribution is -2.22. The molecule has 0 spiro atoms. The van der Waals surface area contributed by atoms with Gasteiger partial charge in [0.25, 0.3) is 0 Å². The van der Waals surface area contributed by atoms with Crippen LogP contribution in [0.3, 0.4) is 0 Å². The Morgan fingerprint density at radius 1 is 1.14 bits per heavy atom. The molecule has 38 valence electrons. The molecule has 0 amide bonds. The number of hydrogen-bond donors (Lipinski definition) is 0. The molecule has 1 rings (SSSR count). The smallest absolute Gasteiger partial charge is 0.355 e. The zero-order valence-corrected chi connectivity index (χ0v) is 4.76. The molecule has 0 bridgehead atoms. The van der Waals surface area contributed by atoms with Crippen LogP contribution in [-0.2, 0) is 0 Å². The van der Waals surface area contributed by atoms with Gasteiger partial charge in [0.15, 0.2) is 0 Å². The molecule has 3 heteroatoms. The normalized spacial score (nSPS) is 18.0. The molecule has 1 heterocycles. The molecule has 0 aromatic carbocycles. The van der Waals surface area contributed by atoms with Gasteiger partial charge >= 0.3 is 7.55 Å². The minimum absolute atomic E-state index is 1.03. The van der Waals surface area contributed by atoms with Crippen molar-refractivity contribution in [3.8, 4) is 0 Å². The second kappa shape index (κ2) is 1.48. The van der Waals surface area contributed by atoms with Gasteiger partial charge < -0.3 is 9.62 Å². The van der Waals surface area contributed by atoms with Crippen molar-refractivity contribution in [3.05, 3.63) is 12.4 Å². The van der Waals surface area contributed by atoms with Crippen molar-refractivity contribution >= 4 is 7.55 Å². The summed E-state index contributed by atoms with van der Waals surface area (Å²) in [6, 6.07) is 0. The molecule has 0 N–H and O–H groups in total. The monoisotopic (exact) mass is 96.1 g/mol. The van der Waals surface area contributed by atoms with Gasteiger partial charge in [0.05, 0.1) is 0 Å². The van der Waals surface area contributed by atoms with Crippen molar-refractivity contribution in [1.29, 1.82) is 0 Å². The highest BCUT2D eigenvalue weighted by molar-refractivity contribution is 6.30. The second-order valence-electron chi connectivity index (χ2n) is 1.95. The van der Waals surface area contributed by atoms with Crippen molar-refractivity contribution in [2.45, 2.75) is 0 Å². The Morgan fingerprint density at radius 3 is 1.71 bits per heavy atom. The van der Waals surface area contributed by atoms with Crippen molar-refractivity contribution in [1.82, 2.24) is 9.62 Å². The molecule has 0 aliphatic carbocycles. The lowest BCUT2D eigenvalue weighted by atomic mass is 10.1. The Bertz CT molecular complexity index is 81.7. The molecule has 7 heavy (non-hydrogen) atoms. The summed E-state index contributed by atoms with van der Waals surface area (Å²) in [6.45, 7) is 0. The van der Waals surface area contributed by atoms with Gasteiger partial charge in [-0.25, -0.2) is 0 Å². The highest BCUT2D eigenvalue weighted by Crippen LogP contribution is 1.94. The van der Waals surface area contributed by atoms with E-state index in [4.69, 9.17) is 0 Å². The van der Waals surface area contributed by atoms with Crippen LogP contribution in [0.4, 0.5) is 0 Å². The van der Waals surface area contributed by atoms with Crippen LogP contribution in [0.2, 0.25) is 0 Å². The Balaban J connectivity index is 2.42. The predicted molar refractivity (Wildman–Crippen MR) is 31.8 cm³/mol. The predicted octanol–water partition coefficient (Wildman–Crippen LogP) is -0.399. The molecule has 0 aromatic rings. The Labute approximate surface area is 44.7 Å². The Kier molecular flexibility index (Phi) is 0.967. The summed E-state index contributed by atoms with van der Waals surface area (Å²) in [4.78, 5) is 4.25. The van der Waals surface area contributed by atoms with E-state index in [0.717, 1.165) is 7.55 Å². The molecule has 0 unspecified atom stereocenters. The van der Waals surface area contributed by atoms with Crippen LogP contribution in [0.5, 0.6) is 0 Å². The van der Waals surface area contributed by atoms with E-state index in [0.29, 0.717) is 0 Å². The van der Waals surface area contributed by atoms with Crippen molar-refractivity contribution in [3.63, 3.8) is 0 Å². The Morgan fingerprint density at radius 2 is 1.57 bits per heavy atom. The maximum atomic E-state index is 2.12. The fourth-order valence-electron chi connectivity index (χ4n) is 0.674. The van der Waals surface area contributed by atoms with E-state index < -0.39 is 0 Å². The lowest BCUT2D eigenvalue weighted by Gasteiger charge is -2.07. The van der Waals surface area contributed by atoms with E-state index in [9.17, 15) is 0 Å². The van der Waals surface area contributed by atoms with E-state index in [1.165, 1.54) is 0 Å². The minimum Gasteiger partial charge on any atom is -0.407 e. The largest absolute Gasteiger partial charge is 0.407 e. The molecular formula is C4H9BN2. The molecule has 0 aromatic heterocycles. The van der Waals surface area contributed by atoms with Crippen LogP contribution in [0, 0.1) is 0 Å². The van der Waals surface area contributed by atoms with E-state index in [2.05, 4.69) is 36.1 Å². The van der Waals surface area contributed by atoms with Crippen molar-refractivity contribution in [2.75, 3.05) is 14.1 Å². The summed E-state index contributed by atoms with van der Waals surface area (Å²) >= 11 is 0. The first-order valence-corrected chi connectivity index (χ1v) is 2.38. The lowest BCUT2D eigenvalue weighted by molar-refractivity contribution is 0.681. The molecular weight excluding hydrogens is 86.9 g/mol. The fraction of sp³-hybridized carbons (Fsp3) is 0.500. The van der Waals surface area contributed by atoms with Gasteiger partial charge in [-0.15, -0.1) is 0 Å². The molecule has 1 aliphatic heterocycles. The van der Waals surface area contributed by atoms with Crippen LogP contribution < -0.4 is 0 Å². The van der Waals surface area contributed by atoms with Crippen molar-refractivity contribution < 1.29 is 0 Å². The van der Waals surface area contributed by atoms with Gasteiger partial charge in [0, 0.05) is 12.4 Å². The number of rotatable bonds is 0.